The van der Waals surface area contributed by atoms with E-state index in [0.717, 1.165) is 145 Å². The van der Waals surface area contributed by atoms with Gasteiger partial charge < -0.3 is 32.9 Å². The van der Waals surface area contributed by atoms with Gasteiger partial charge in [-0.15, -0.1) is 0 Å². The molecule has 0 saturated heterocycles. The van der Waals surface area contributed by atoms with Crippen LogP contribution in [-0.4, -0.2) is 13.4 Å². The number of anilines is 12. The molecule has 73 heavy (non-hydrogen) atoms. The van der Waals surface area contributed by atoms with Crippen LogP contribution in [-0.2, 0) is 0 Å². The lowest BCUT2D eigenvalue weighted by atomic mass is 9.35. The highest BCUT2D eigenvalue weighted by molar-refractivity contribution is 7.02. The monoisotopic (exact) mass is 932 g/mol. The predicted octanol–water partition coefficient (Wildman–Crippen LogP) is 13.2. The molecule has 0 amide bonds. The predicted molar refractivity (Wildman–Crippen MR) is 301 cm³/mol. The smallest absolute Gasteiger partial charge is 0.301 e. The fourth-order valence-electron chi connectivity index (χ4n) is 13.3. The minimum atomic E-state index is -0.320. The molecule has 4 aliphatic heterocycles. The number of fused-ring (bicyclic) bond motifs is 19. The van der Waals surface area contributed by atoms with Crippen LogP contribution < -0.4 is 52.8 Å². The molecule has 0 fully saturated rings. The maximum absolute atomic E-state index is 8.10. The molecule has 0 saturated carbocycles. The molecule has 13 aromatic rings. The summed E-state index contributed by atoms with van der Waals surface area (Å²) in [6.45, 7) is -0.639. The van der Waals surface area contributed by atoms with Gasteiger partial charge in [0.1, 0.15) is 11.2 Å². The van der Waals surface area contributed by atoms with Crippen molar-refractivity contribution >= 4 is 158 Å². The van der Waals surface area contributed by atoms with Crippen molar-refractivity contribution in [3.63, 3.8) is 0 Å². The van der Waals surface area contributed by atoms with Crippen LogP contribution in [0.15, 0.2) is 244 Å². The van der Waals surface area contributed by atoms with Crippen LogP contribution >= 0.6 is 0 Å². The summed E-state index contributed by atoms with van der Waals surface area (Å²) in [7, 11) is 0. The minimum absolute atomic E-state index is 0.320. The molecular weight excluding hydrogens is 894 g/mol. The first-order valence-corrected chi connectivity index (χ1v) is 25.0. The van der Waals surface area contributed by atoms with E-state index in [-0.39, 0.29) is 13.4 Å². The summed E-state index contributed by atoms with van der Waals surface area (Å²) in [6, 6.07) is 78.5. The molecule has 7 nitrogen and oxygen atoms in total. The van der Waals surface area contributed by atoms with Crippen molar-refractivity contribution in [2.24, 2.45) is 0 Å². The summed E-state index contributed by atoms with van der Waals surface area (Å²) in [5.41, 5.74) is 20.8. The number of benzene rings is 10. The lowest BCUT2D eigenvalue weighted by molar-refractivity contribution is 0.600. The van der Waals surface area contributed by atoms with Gasteiger partial charge in [-0.25, -0.2) is 0 Å². The average molecular weight is 933 g/mol. The van der Waals surface area contributed by atoms with Crippen LogP contribution in [0, 0.1) is 0 Å². The Morgan fingerprint density at radius 2 is 0.603 bits per heavy atom. The number of nitrogens with zero attached hydrogens (tertiary/aromatic N) is 4. The molecule has 4 aliphatic rings. The van der Waals surface area contributed by atoms with Crippen LogP contribution in [0.4, 0.5) is 68.2 Å². The van der Waals surface area contributed by atoms with Gasteiger partial charge in [0.05, 0.1) is 46.6 Å². The number of hydrogen-bond donors (Lipinski definition) is 0. The summed E-state index contributed by atoms with van der Waals surface area (Å²) in [4.78, 5) is 9.66. The molecule has 338 valence electrons. The summed E-state index contributed by atoms with van der Waals surface area (Å²) >= 11 is 0. The zero-order valence-corrected chi connectivity index (χ0v) is 39.1. The zero-order chi connectivity index (χ0) is 47.5. The van der Waals surface area contributed by atoms with Gasteiger partial charge in [0, 0.05) is 78.0 Å². The van der Waals surface area contributed by atoms with E-state index >= 15 is 0 Å². The normalized spacial score (nSPS) is 13.9. The highest BCUT2D eigenvalue weighted by Crippen LogP contribution is 2.53. The van der Waals surface area contributed by atoms with E-state index in [1.54, 1.807) is 0 Å². The minimum Gasteiger partial charge on any atom is -0.476 e. The Morgan fingerprint density at radius 1 is 0.274 bits per heavy atom. The number of para-hydroxylation sites is 4. The van der Waals surface area contributed by atoms with Gasteiger partial charge >= 0.3 is 13.4 Å². The van der Waals surface area contributed by atoms with Gasteiger partial charge in [-0.3, -0.25) is 0 Å². The highest BCUT2D eigenvalue weighted by atomic mass is 16.3. The Labute approximate surface area is 420 Å². The van der Waals surface area contributed by atoms with Gasteiger partial charge in [-0.2, -0.15) is 0 Å². The number of hydrogen-bond acceptors (Lipinski definition) is 7. The Kier molecular flexibility index (Phi) is 7.78. The van der Waals surface area contributed by atoms with E-state index < -0.39 is 0 Å². The fraction of sp³-hybridized carbons (Fsp3) is 0. The zero-order valence-electron chi connectivity index (χ0n) is 39.1. The van der Waals surface area contributed by atoms with Crippen molar-refractivity contribution in [2.45, 2.75) is 0 Å². The average Bonchev–Trinajstić information content (AvgIpc) is 4.28. The highest BCUT2D eigenvalue weighted by Gasteiger charge is 2.51. The molecule has 0 atom stereocenters. The molecule has 9 heteroatoms. The molecular formula is C64H38B2N4O3. The maximum Gasteiger partial charge on any atom is 0.301 e. The van der Waals surface area contributed by atoms with Crippen LogP contribution in [0.2, 0.25) is 0 Å². The number of rotatable bonds is 4. The van der Waals surface area contributed by atoms with Crippen molar-refractivity contribution in [2.75, 3.05) is 19.6 Å². The molecule has 17 rings (SSSR count). The summed E-state index contributed by atoms with van der Waals surface area (Å²) in [5, 5.41) is 6.69. The van der Waals surface area contributed by atoms with Gasteiger partial charge in [-0.05, 0) is 107 Å². The van der Waals surface area contributed by atoms with E-state index in [1.165, 1.54) is 0 Å². The Balaban J connectivity index is 1.06. The van der Waals surface area contributed by atoms with Crippen molar-refractivity contribution in [1.82, 2.24) is 0 Å². The molecule has 0 radical (unpaired) electrons. The maximum atomic E-state index is 8.10. The Morgan fingerprint density at radius 3 is 0.986 bits per heavy atom. The fourth-order valence-corrected chi connectivity index (χ4v) is 13.3. The van der Waals surface area contributed by atoms with Crippen molar-refractivity contribution < 1.29 is 13.3 Å². The van der Waals surface area contributed by atoms with E-state index in [2.05, 4.69) is 238 Å². The molecule has 0 bridgehead atoms. The molecule has 0 unspecified atom stereocenters. The van der Waals surface area contributed by atoms with E-state index in [4.69, 9.17) is 13.3 Å². The molecule has 0 N–H and O–H groups in total. The Hall–Kier alpha value is -9.59. The summed E-state index contributed by atoms with van der Waals surface area (Å²) in [6.07, 6.45) is 3.71. The second-order valence-electron chi connectivity index (χ2n) is 19.4. The molecule has 3 aromatic heterocycles. The lowest BCUT2D eigenvalue weighted by Crippen LogP contribution is -2.61. The van der Waals surface area contributed by atoms with E-state index in [0.29, 0.717) is 0 Å². The van der Waals surface area contributed by atoms with E-state index in [9.17, 15) is 0 Å². The van der Waals surface area contributed by atoms with Gasteiger partial charge in [0.15, 0.2) is 0 Å². The van der Waals surface area contributed by atoms with Crippen molar-refractivity contribution in [3.8, 4) is 0 Å². The summed E-state index contributed by atoms with van der Waals surface area (Å²) < 4.78 is 21.8. The van der Waals surface area contributed by atoms with Crippen LogP contribution in [0.5, 0.6) is 0 Å². The van der Waals surface area contributed by atoms with Crippen molar-refractivity contribution in [3.05, 3.63) is 231 Å². The van der Waals surface area contributed by atoms with Crippen LogP contribution in [0.3, 0.4) is 0 Å². The first-order valence-electron chi connectivity index (χ1n) is 25.0. The molecule has 10 aromatic carbocycles. The van der Waals surface area contributed by atoms with Gasteiger partial charge in [0.2, 0.25) is 0 Å². The SMILES string of the molecule is c1ccc(N2c3ccoc3B3c4c2cccc4N(c2ccccc2)c2c3c3oc4c5c(c6ccccc6c4c3c3ccccc23)N(c2ccccc2)c2cccc3c2B5c2occc2N3c2ccccc2)cc1. The third-order valence-electron chi connectivity index (χ3n) is 15.9. The first-order chi connectivity index (χ1) is 36.3. The molecule has 0 aliphatic carbocycles. The quantitative estimate of drug-likeness (QED) is 0.129. The Bertz CT molecular complexity index is 4160. The van der Waals surface area contributed by atoms with Gasteiger partial charge in [0.25, 0.3) is 0 Å². The first kappa shape index (κ1) is 39.2. The second-order valence-corrected chi connectivity index (χ2v) is 19.4. The van der Waals surface area contributed by atoms with E-state index in [1.807, 2.05) is 12.5 Å². The third-order valence-corrected chi connectivity index (χ3v) is 15.9. The largest absolute Gasteiger partial charge is 0.476 e. The third kappa shape index (κ3) is 5.05. The van der Waals surface area contributed by atoms with Crippen molar-refractivity contribution in [1.29, 1.82) is 0 Å². The second kappa shape index (κ2) is 14.5. The summed E-state index contributed by atoms with van der Waals surface area (Å²) in [5.74, 6) is 0. The van der Waals surface area contributed by atoms with Crippen LogP contribution in [0.1, 0.15) is 0 Å². The molecule has 7 heterocycles. The van der Waals surface area contributed by atoms with Gasteiger partial charge in [-0.1, -0.05) is 133 Å². The number of furan rings is 3. The van der Waals surface area contributed by atoms with Crippen LogP contribution in [0.25, 0.3) is 43.5 Å². The molecule has 0 spiro atoms. The topological polar surface area (TPSA) is 52.4 Å². The standard InChI is InChI=1S/C64H38B2N4O3/c1-5-19-39(20-6-1)67-47-31-17-33-49-55(47)65(63-51(67)35-37-71-63)57-59(69(49)41-23-9-3-10-24-41)45-29-15-13-27-43(45)53-54-44-28-14-16-30-46(44)60-58(62(54)73-61(53)57)66-56-48(32-18-34-50(56)70(60)42-25-11-4-12-26-42)68(40-21-7-2-8-22-40)52-36-38-72-64(52)66/h1-38H. The lowest BCUT2D eigenvalue weighted by Gasteiger charge is -2.42.